The van der Waals surface area contributed by atoms with E-state index in [0.717, 1.165) is 23.3 Å². The Bertz CT molecular complexity index is 549. The van der Waals surface area contributed by atoms with Gasteiger partial charge in [-0.05, 0) is 38.5 Å². The predicted octanol–water partition coefficient (Wildman–Crippen LogP) is 3.16. The van der Waals surface area contributed by atoms with Crippen LogP contribution in [0.25, 0.3) is 0 Å². The van der Waals surface area contributed by atoms with Gasteiger partial charge in [0.2, 0.25) is 0 Å². The molecule has 0 amide bonds. The zero-order valence-electron chi connectivity index (χ0n) is 11.6. The van der Waals surface area contributed by atoms with Gasteiger partial charge in [0.25, 0.3) is 0 Å². The monoisotopic (exact) mass is 299 g/mol. The molecule has 0 aliphatic heterocycles. The van der Waals surface area contributed by atoms with Gasteiger partial charge in [0.1, 0.15) is 17.1 Å². The quantitative estimate of drug-likeness (QED) is 0.841. The molecule has 1 aliphatic rings. The summed E-state index contributed by atoms with van der Waals surface area (Å²) in [5.74, 6) is 0. The smallest absolute Gasteiger partial charge is 0.145 e. The molecule has 19 heavy (non-hydrogen) atoms. The van der Waals surface area contributed by atoms with Crippen LogP contribution in [0.15, 0.2) is 22.6 Å². The maximum atomic E-state index is 12.2. The zero-order valence-corrected chi connectivity index (χ0v) is 13.1. The van der Waals surface area contributed by atoms with Gasteiger partial charge in [0.15, 0.2) is 0 Å². The molecule has 3 nitrogen and oxygen atoms in total. The summed E-state index contributed by atoms with van der Waals surface area (Å²) in [6, 6.07) is 5.68. The minimum atomic E-state index is -1.29. The number of halogens is 1. The van der Waals surface area contributed by atoms with Gasteiger partial charge in [0.05, 0.1) is 10.5 Å². The molecule has 2 atom stereocenters. The fourth-order valence-electron chi connectivity index (χ4n) is 1.98. The Morgan fingerprint density at radius 2 is 2.11 bits per heavy atom. The minimum Gasteiger partial charge on any atom is -0.375 e. The Hall–Kier alpha value is -0.710. The van der Waals surface area contributed by atoms with E-state index in [0.29, 0.717) is 5.02 Å². The van der Waals surface area contributed by atoms with E-state index >= 15 is 0 Å². The standard InChI is InChI=1S/C14H18ClNO2S/c1-14(2,3)19(17)16-13-11-6-5-10(15)7-9(11)8-12(13)18-4/h5-7,12H,8H2,1-4H3/t12-,19+/m0/s1. The average molecular weight is 300 g/mol. The van der Waals surface area contributed by atoms with Gasteiger partial charge < -0.3 is 4.74 Å². The van der Waals surface area contributed by atoms with Crippen LogP contribution in [0, 0.1) is 0 Å². The third kappa shape index (κ3) is 3.07. The second kappa shape index (κ2) is 5.35. The second-order valence-electron chi connectivity index (χ2n) is 5.57. The lowest BCUT2D eigenvalue weighted by Gasteiger charge is -2.16. The number of hydrogen-bond donors (Lipinski definition) is 0. The summed E-state index contributed by atoms with van der Waals surface area (Å²) in [5.41, 5.74) is 2.86. The van der Waals surface area contributed by atoms with Crippen molar-refractivity contribution in [1.82, 2.24) is 0 Å². The van der Waals surface area contributed by atoms with Crippen molar-refractivity contribution in [3.63, 3.8) is 0 Å². The summed E-state index contributed by atoms with van der Waals surface area (Å²) in [7, 11) is 0.359. The van der Waals surface area contributed by atoms with Crippen LogP contribution in [0.4, 0.5) is 0 Å². The fourth-order valence-corrected chi connectivity index (χ4v) is 2.84. The van der Waals surface area contributed by atoms with Crippen molar-refractivity contribution in [2.75, 3.05) is 7.11 Å². The van der Waals surface area contributed by atoms with Crippen molar-refractivity contribution < 1.29 is 8.95 Å². The maximum absolute atomic E-state index is 12.2. The summed E-state index contributed by atoms with van der Waals surface area (Å²) in [6.45, 7) is 5.73. The molecular weight excluding hydrogens is 282 g/mol. The molecule has 2 rings (SSSR count). The van der Waals surface area contributed by atoms with Gasteiger partial charge >= 0.3 is 0 Å². The zero-order chi connectivity index (χ0) is 14.2. The number of fused-ring (bicyclic) bond motifs is 1. The summed E-state index contributed by atoms with van der Waals surface area (Å²) < 4.78 is 21.7. The summed E-state index contributed by atoms with van der Waals surface area (Å²) in [6.07, 6.45) is 0.590. The van der Waals surface area contributed by atoms with E-state index in [2.05, 4.69) is 4.40 Å². The first-order valence-corrected chi connectivity index (χ1v) is 7.63. The van der Waals surface area contributed by atoms with Crippen molar-refractivity contribution in [3.05, 3.63) is 34.3 Å². The number of hydrogen-bond acceptors (Lipinski definition) is 2. The largest absolute Gasteiger partial charge is 0.375 e. The first-order valence-electron chi connectivity index (χ1n) is 6.15. The summed E-state index contributed by atoms with van der Waals surface area (Å²) in [5, 5.41) is 0.701. The summed E-state index contributed by atoms with van der Waals surface area (Å²) >= 11 is 6.00. The van der Waals surface area contributed by atoms with Crippen LogP contribution in [0.5, 0.6) is 0 Å². The van der Waals surface area contributed by atoms with Crippen molar-refractivity contribution in [2.24, 2.45) is 4.40 Å². The van der Waals surface area contributed by atoms with Crippen LogP contribution in [0.1, 0.15) is 31.9 Å². The van der Waals surface area contributed by atoms with Crippen molar-refractivity contribution in [1.29, 1.82) is 0 Å². The highest BCUT2D eigenvalue weighted by atomic mass is 35.5. The molecule has 0 radical (unpaired) electrons. The molecule has 1 aliphatic carbocycles. The molecule has 0 bridgehead atoms. The molecule has 1 aromatic carbocycles. The van der Waals surface area contributed by atoms with Crippen molar-refractivity contribution in [3.8, 4) is 0 Å². The van der Waals surface area contributed by atoms with Crippen molar-refractivity contribution >= 4 is 28.3 Å². The fraction of sp³-hybridized carbons (Fsp3) is 0.500. The van der Waals surface area contributed by atoms with Crippen LogP contribution >= 0.6 is 11.6 Å². The Morgan fingerprint density at radius 1 is 1.42 bits per heavy atom. The molecule has 0 N–H and O–H groups in total. The van der Waals surface area contributed by atoms with Crippen LogP contribution in [-0.4, -0.2) is 27.9 Å². The highest BCUT2D eigenvalue weighted by Crippen LogP contribution is 2.28. The molecule has 0 unspecified atom stereocenters. The SMILES string of the molecule is CO[C@H]1Cc2cc(Cl)ccc2C1=N[S@](=O)C(C)(C)C. The van der Waals surface area contributed by atoms with E-state index in [1.165, 1.54) is 0 Å². The molecular formula is C14H18ClNO2S. The number of methoxy groups -OCH3 is 1. The number of rotatable bonds is 2. The maximum Gasteiger partial charge on any atom is 0.145 e. The lowest BCUT2D eigenvalue weighted by molar-refractivity contribution is 0.160. The van der Waals surface area contributed by atoms with E-state index in [1.54, 1.807) is 7.11 Å². The first kappa shape index (κ1) is 14.7. The summed E-state index contributed by atoms with van der Waals surface area (Å²) in [4.78, 5) is 0. The van der Waals surface area contributed by atoms with E-state index in [-0.39, 0.29) is 10.9 Å². The molecule has 1 aromatic rings. The third-order valence-corrected chi connectivity index (χ3v) is 4.69. The predicted molar refractivity (Wildman–Crippen MR) is 80.4 cm³/mol. The van der Waals surface area contributed by atoms with E-state index < -0.39 is 11.0 Å². The van der Waals surface area contributed by atoms with Crippen LogP contribution in [0.3, 0.4) is 0 Å². The lowest BCUT2D eigenvalue weighted by Crippen LogP contribution is -2.25. The molecule has 104 valence electrons. The average Bonchev–Trinajstić information content (AvgIpc) is 2.65. The van der Waals surface area contributed by atoms with Crippen LogP contribution < -0.4 is 0 Å². The van der Waals surface area contributed by atoms with Crippen molar-refractivity contribution in [2.45, 2.75) is 38.0 Å². The molecule has 5 heteroatoms. The highest BCUT2D eigenvalue weighted by molar-refractivity contribution is 7.85. The molecule has 0 spiro atoms. The Morgan fingerprint density at radius 3 is 2.68 bits per heavy atom. The number of nitrogens with zero attached hydrogens (tertiary/aromatic N) is 1. The van der Waals surface area contributed by atoms with E-state index in [9.17, 15) is 4.21 Å². The molecule has 0 fully saturated rings. The Labute approximate surface area is 121 Å². The normalized spacial score (nSPS) is 22.6. The van der Waals surface area contributed by atoms with Gasteiger partial charge in [-0.1, -0.05) is 17.7 Å². The minimum absolute atomic E-state index is 0.139. The van der Waals surface area contributed by atoms with Gasteiger partial charge in [-0.2, -0.15) is 4.40 Å². The van der Waals surface area contributed by atoms with E-state index in [1.807, 2.05) is 39.0 Å². The Balaban J connectivity index is 2.45. The van der Waals surface area contributed by atoms with Gasteiger partial charge in [0, 0.05) is 24.1 Å². The Kier molecular flexibility index (Phi) is 4.14. The van der Waals surface area contributed by atoms with Crippen LogP contribution in [-0.2, 0) is 22.1 Å². The number of ether oxygens (including phenoxy) is 1. The highest BCUT2D eigenvalue weighted by Gasteiger charge is 2.31. The van der Waals surface area contributed by atoms with Gasteiger partial charge in [-0.3, -0.25) is 0 Å². The molecule has 0 heterocycles. The second-order valence-corrected chi connectivity index (χ2v) is 7.91. The van der Waals surface area contributed by atoms with E-state index in [4.69, 9.17) is 16.3 Å². The van der Waals surface area contributed by atoms with Crippen LogP contribution in [0.2, 0.25) is 5.02 Å². The molecule has 0 saturated carbocycles. The lowest BCUT2D eigenvalue weighted by atomic mass is 10.1. The molecule has 0 saturated heterocycles. The third-order valence-electron chi connectivity index (χ3n) is 3.04. The molecule has 0 aromatic heterocycles. The van der Waals surface area contributed by atoms with Gasteiger partial charge in [-0.15, -0.1) is 0 Å². The number of benzene rings is 1. The van der Waals surface area contributed by atoms with Gasteiger partial charge in [-0.25, -0.2) is 4.21 Å². The topological polar surface area (TPSA) is 38.7 Å². The first-order chi connectivity index (χ1) is 8.82.